The van der Waals surface area contributed by atoms with Crippen LogP contribution in [-0.4, -0.2) is 25.5 Å². The van der Waals surface area contributed by atoms with Gasteiger partial charge in [0.2, 0.25) is 10.0 Å². The maximum atomic E-state index is 12.1. The molecule has 6 heteroatoms. The third-order valence-corrected chi connectivity index (χ3v) is 4.83. The highest BCUT2D eigenvalue weighted by Gasteiger charge is 2.21. The van der Waals surface area contributed by atoms with E-state index in [4.69, 9.17) is 5.11 Å². The van der Waals surface area contributed by atoms with Crippen molar-refractivity contribution in [3.05, 3.63) is 65.2 Å². The standard InChI is InChI=1S/C18H17NO4S/c1-13-3-5-15(6-4-13)7-8-16-9-11-17(12-10-16)24(22,23)19-14(2)18(20)21/h3-6,9-12,14,19H,1-2H3,(H,20,21)/t14-/m0/s1. The number of hydrogen-bond donors (Lipinski definition) is 2. The smallest absolute Gasteiger partial charge is 0.321 e. The van der Waals surface area contributed by atoms with Crippen LogP contribution in [0.1, 0.15) is 23.6 Å². The Morgan fingerprint density at radius 3 is 1.92 bits per heavy atom. The summed E-state index contributed by atoms with van der Waals surface area (Å²) in [4.78, 5) is 10.8. The first-order chi connectivity index (χ1) is 11.3. The molecule has 2 aromatic rings. The lowest BCUT2D eigenvalue weighted by Gasteiger charge is -2.10. The van der Waals surface area contributed by atoms with Crippen molar-refractivity contribution in [3.8, 4) is 11.8 Å². The van der Waals surface area contributed by atoms with Gasteiger partial charge in [-0.3, -0.25) is 4.79 Å². The Bertz CT molecular complexity index is 889. The lowest BCUT2D eigenvalue weighted by Crippen LogP contribution is -2.38. The molecule has 5 nitrogen and oxygen atoms in total. The fraction of sp³-hybridized carbons (Fsp3) is 0.167. The van der Waals surface area contributed by atoms with Gasteiger partial charge in [0, 0.05) is 11.1 Å². The minimum absolute atomic E-state index is 0.00325. The molecule has 1 atom stereocenters. The number of benzene rings is 2. The fourth-order valence-electron chi connectivity index (χ4n) is 1.85. The van der Waals surface area contributed by atoms with Gasteiger partial charge in [-0.2, -0.15) is 4.72 Å². The molecule has 0 fully saturated rings. The first-order valence-electron chi connectivity index (χ1n) is 7.22. The van der Waals surface area contributed by atoms with E-state index in [9.17, 15) is 13.2 Å². The van der Waals surface area contributed by atoms with Gasteiger partial charge < -0.3 is 5.11 Å². The first-order valence-corrected chi connectivity index (χ1v) is 8.70. The lowest BCUT2D eigenvalue weighted by molar-refractivity contribution is -0.138. The van der Waals surface area contributed by atoms with Crippen LogP contribution in [0.15, 0.2) is 53.4 Å². The minimum Gasteiger partial charge on any atom is -0.480 e. The van der Waals surface area contributed by atoms with E-state index in [2.05, 4.69) is 16.6 Å². The highest BCUT2D eigenvalue weighted by atomic mass is 32.2. The van der Waals surface area contributed by atoms with Crippen molar-refractivity contribution in [1.29, 1.82) is 0 Å². The summed E-state index contributed by atoms with van der Waals surface area (Å²) in [5, 5.41) is 8.79. The summed E-state index contributed by atoms with van der Waals surface area (Å²) in [6.45, 7) is 3.26. The number of carboxylic acid groups (broad SMARTS) is 1. The lowest BCUT2D eigenvalue weighted by atomic mass is 10.1. The van der Waals surface area contributed by atoms with Gasteiger partial charge in [-0.1, -0.05) is 29.5 Å². The number of carboxylic acids is 1. The summed E-state index contributed by atoms with van der Waals surface area (Å²) < 4.78 is 26.2. The zero-order valence-electron chi connectivity index (χ0n) is 13.3. The van der Waals surface area contributed by atoms with Crippen LogP contribution in [-0.2, 0) is 14.8 Å². The molecular weight excluding hydrogens is 326 g/mol. The molecule has 0 aliphatic rings. The normalized spacial score (nSPS) is 12.1. The van der Waals surface area contributed by atoms with E-state index in [-0.39, 0.29) is 4.90 Å². The van der Waals surface area contributed by atoms with Gasteiger partial charge in [-0.15, -0.1) is 0 Å². The van der Waals surface area contributed by atoms with E-state index in [0.29, 0.717) is 5.56 Å². The topological polar surface area (TPSA) is 83.5 Å². The van der Waals surface area contributed by atoms with Gasteiger partial charge in [0.25, 0.3) is 0 Å². The average molecular weight is 343 g/mol. The van der Waals surface area contributed by atoms with Crippen LogP contribution >= 0.6 is 0 Å². The van der Waals surface area contributed by atoms with E-state index in [1.165, 1.54) is 19.1 Å². The molecule has 124 valence electrons. The van der Waals surface area contributed by atoms with Crippen LogP contribution in [0.2, 0.25) is 0 Å². The van der Waals surface area contributed by atoms with Crippen molar-refractivity contribution in [2.75, 3.05) is 0 Å². The van der Waals surface area contributed by atoms with Crippen molar-refractivity contribution in [3.63, 3.8) is 0 Å². The predicted molar refractivity (Wildman–Crippen MR) is 91.0 cm³/mol. The number of nitrogens with one attached hydrogen (secondary N) is 1. The average Bonchev–Trinajstić information content (AvgIpc) is 2.54. The van der Waals surface area contributed by atoms with Crippen molar-refractivity contribution >= 4 is 16.0 Å². The molecule has 24 heavy (non-hydrogen) atoms. The largest absolute Gasteiger partial charge is 0.480 e. The molecule has 2 aromatic carbocycles. The number of carbonyl (C=O) groups is 1. The molecule has 0 saturated carbocycles. The number of aryl methyl sites for hydroxylation is 1. The van der Waals surface area contributed by atoms with E-state index in [1.54, 1.807) is 12.1 Å². The van der Waals surface area contributed by atoms with Crippen LogP contribution in [0.5, 0.6) is 0 Å². The molecule has 2 rings (SSSR count). The molecule has 0 spiro atoms. The summed E-state index contributed by atoms with van der Waals surface area (Å²) in [6, 6.07) is 12.5. The van der Waals surface area contributed by atoms with Crippen molar-refractivity contribution in [2.45, 2.75) is 24.8 Å². The molecule has 0 aromatic heterocycles. The van der Waals surface area contributed by atoms with Gasteiger partial charge in [-0.25, -0.2) is 8.42 Å². The van der Waals surface area contributed by atoms with Crippen molar-refractivity contribution < 1.29 is 18.3 Å². The summed E-state index contributed by atoms with van der Waals surface area (Å²) in [7, 11) is -3.87. The second-order valence-electron chi connectivity index (χ2n) is 5.32. The summed E-state index contributed by atoms with van der Waals surface area (Å²) >= 11 is 0. The summed E-state index contributed by atoms with van der Waals surface area (Å²) in [6.07, 6.45) is 0. The van der Waals surface area contributed by atoms with Crippen molar-refractivity contribution in [2.24, 2.45) is 0 Å². The predicted octanol–water partition coefficient (Wildman–Crippen LogP) is 2.15. The molecule has 0 saturated heterocycles. The highest BCUT2D eigenvalue weighted by Crippen LogP contribution is 2.11. The second-order valence-corrected chi connectivity index (χ2v) is 7.04. The monoisotopic (exact) mass is 343 g/mol. The van der Waals surface area contributed by atoms with E-state index < -0.39 is 22.0 Å². The molecule has 0 bridgehead atoms. The SMILES string of the molecule is Cc1ccc(C#Cc2ccc(S(=O)(=O)N[C@@H](C)C(=O)O)cc2)cc1. The van der Waals surface area contributed by atoms with E-state index in [1.807, 2.05) is 31.2 Å². The van der Waals surface area contributed by atoms with Crippen LogP contribution in [0.25, 0.3) is 0 Å². The van der Waals surface area contributed by atoms with Gasteiger partial charge in [-0.05, 0) is 50.2 Å². The fourth-order valence-corrected chi connectivity index (χ4v) is 3.05. The maximum Gasteiger partial charge on any atom is 0.321 e. The summed E-state index contributed by atoms with van der Waals surface area (Å²) in [5.74, 6) is 4.72. The van der Waals surface area contributed by atoms with Crippen molar-refractivity contribution in [1.82, 2.24) is 4.72 Å². The Morgan fingerprint density at radius 2 is 1.46 bits per heavy atom. The zero-order chi connectivity index (χ0) is 17.7. The van der Waals surface area contributed by atoms with E-state index >= 15 is 0 Å². The first kappa shape index (κ1) is 17.7. The zero-order valence-corrected chi connectivity index (χ0v) is 14.1. The number of sulfonamides is 1. The molecule has 0 heterocycles. The van der Waals surface area contributed by atoms with Crippen LogP contribution < -0.4 is 4.72 Å². The van der Waals surface area contributed by atoms with Gasteiger partial charge in [0.15, 0.2) is 0 Å². The third-order valence-electron chi connectivity index (χ3n) is 3.27. The molecule has 0 aliphatic heterocycles. The Morgan fingerprint density at radius 1 is 1.00 bits per heavy atom. The quantitative estimate of drug-likeness (QED) is 0.833. The Labute approximate surface area is 141 Å². The Hall–Kier alpha value is -2.62. The van der Waals surface area contributed by atoms with Gasteiger partial charge >= 0.3 is 5.97 Å². The second kappa shape index (κ2) is 7.30. The Balaban J connectivity index is 2.16. The minimum atomic E-state index is -3.87. The maximum absolute atomic E-state index is 12.1. The molecule has 0 unspecified atom stereocenters. The van der Waals surface area contributed by atoms with Crippen LogP contribution in [0.3, 0.4) is 0 Å². The Kier molecular flexibility index (Phi) is 5.39. The molecule has 0 amide bonds. The number of rotatable bonds is 4. The number of hydrogen-bond acceptors (Lipinski definition) is 3. The third kappa shape index (κ3) is 4.69. The van der Waals surface area contributed by atoms with Gasteiger partial charge in [0.05, 0.1) is 4.90 Å². The van der Waals surface area contributed by atoms with Crippen LogP contribution in [0, 0.1) is 18.8 Å². The van der Waals surface area contributed by atoms with E-state index in [0.717, 1.165) is 11.1 Å². The molecule has 2 N–H and O–H groups in total. The molecule has 0 aliphatic carbocycles. The van der Waals surface area contributed by atoms with Gasteiger partial charge in [0.1, 0.15) is 6.04 Å². The number of aliphatic carboxylic acids is 1. The summed E-state index contributed by atoms with van der Waals surface area (Å²) in [5.41, 5.74) is 2.69. The highest BCUT2D eigenvalue weighted by molar-refractivity contribution is 7.89. The van der Waals surface area contributed by atoms with Crippen LogP contribution in [0.4, 0.5) is 0 Å². The molecular formula is C18H17NO4S. The molecule has 0 radical (unpaired) electrons.